The molecule has 0 aromatic rings. The van der Waals surface area contributed by atoms with E-state index in [1.807, 2.05) is 0 Å². The maximum Gasteiger partial charge on any atom is 0.249 e. The van der Waals surface area contributed by atoms with Gasteiger partial charge in [0.05, 0.1) is 18.8 Å². The van der Waals surface area contributed by atoms with Crippen molar-refractivity contribution >= 4 is 5.91 Å². The molecule has 398 valence electrons. The van der Waals surface area contributed by atoms with Gasteiger partial charge in [-0.2, -0.15) is 0 Å². The first kappa shape index (κ1) is 65.8. The Kier molecular flexibility index (Phi) is 54.7. The van der Waals surface area contributed by atoms with E-state index < -0.39 is 36.9 Å². The zero-order chi connectivity index (χ0) is 48.8. The SMILES string of the molecule is CCCCCCCCCCCC/C=C/CC/C=C/CCCC(O)C(O)C(CO)NC(=O)C(O)CCCCCCCCCCCCCCCCCCCCCCCCCCCCCCCCCC. The van der Waals surface area contributed by atoms with Crippen LogP contribution in [0.2, 0.25) is 0 Å². The second-order valence-electron chi connectivity index (χ2n) is 21.0. The number of nitrogens with one attached hydrogen (secondary N) is 1. The second-order valence-corrected chi connectivity index (χ2v) is 21.0. The molecule has 4 atom stereocenters. The van der Waals surface area contributed by atoms with E-state index >= 15 is 0 Å². The average Bonchev–Trinajstić information content (AvgIpc) is 3.33. The number of carbonyl (C=O) groups excluding carboxylic acids is 1. The van der Waals surface area contributed by atoms with Gasteiger partial charge in [-0.05, 0) is 51.4 Å². The molecular formula is C61H119NO5. The zero-order valence-corrected chi connectivity index (χ0v) is 45.2. The lowest BCUT2D eigenvalue weighted by Gasteiger charge is -2.27. The molecular weight excluding hydrogens is 827 g/mol. The summed E-state index contributed by atoms with van der Waals surface area (Å²) in [6.07, 6.45) is 68.4. The number of unbranched alkanes of at least 4 members (excludes halogenated alkanes) is 43. The topological polar surface area (TPSA) is 110 Å². The maximum absolute atomic E-state index is 12.6. The molecule has 6 nitrogen and oxygen atoms in total. The van der Waals surface area contributed by atoms with Gasteiger partial charge in [0.2, 0.25) is 5.91 Å². The highest BCUT2D eigenvalue weighted by atomic mass is 16.3. The van der Waals surface area contributed by atoms with Crippen LogP contribution < -0.4 is 5.32 Å². The maximum atomic E-state index is 12.6. The Bertz CT molecular complexity index is 1020. The summed E-state index contributed by atoms with van der Waals surface area (Å²) < 4.78 is 0. The smallest absolute Gasteiger partial charge is 0.249 e. The van der Waals surface area contributed by atoms with Crippen LogP contribution in [0.1, 0.15) is 328 Å². The molecule has 6 heteroatoms. The molecule has 0 aliphatic carbocycles. The lowest BCUT2D eigenvalue weighted by molar-refractivity contribution is -0.132. The number of amides is 1. The molecule has 0 aliphatic heterocycles. The van der Waals surface area contributed by atoms with Crippen molar-refractivity contribution in [3.63, 3.8) is 0 Å². The normalized spacial score (nSPS) is 13.8. The van der Waals surface area contributed by atoms with Gasteiger partial charge in [-0.25, -0.2) is 0 Å². The summed E-state index contributed by atoms with van der Waals surface area (Å²) in [4.78, 5) is 12.6. The van der Waals surface area contributed by atoms with Crippen LogP contribution in [0.5, 0.6) is 0 Å². The summed E-state index contributed by atoms with van der Waals surface area (Å²) in [5, 5.41) is 44.0. The molecule has 0 heterocycles. The fourth-order valence-electron chi connectivity index (χ4n) is 9.66. The van der Waals surface area contributed by atoms with Crippen LogP contribution in [-0.4, -0.2) is 57.3 Å². The molecule has 0 aromatic heterocycles. The molecule has 5 N–H and O–H groups in total. The predicted molar refractivity (Wildman–Crippen MR) is 293 cm³/mol. The third kappa shape index (κ3) is 49.6. The van der Waals surface area contributed by atoms with Gasteiger partial charge >= 0.3 is 0 Å². The predicted octanol–water partition coefficient (Wildman–Crippen LogP) is 17.8. The second kappa shape index (κ2) is 55.7. The van der Waals surface area contributed by atoms with Crippen LogP contribution in [0.3, 0.4) is 0 Å². The van der Waals surface area contributed by atoms with Gasteiger partial charge in [-0.15, -0.1) is 0 Å². The number of hydrogen-bond acceptors (Lipinski definition) is 5. The van der Waals surface area contributed by atoms with E-state index in [1.54, 1.807) is 0 Å². The summed E-state index contributed by atoms with van der Waals surface area (Å²) in [5.74, 6) is -0.591. The van der Waals surface area contributed by atoms with Gasteiger partial charge in [0.25, 0.3) is 0 Å². The van der Waals surface area contributed by atoms with Crippen molar-refractivity contribution in [3.05, 3.63) is 24.3 Å². The van der Waals surface area contributed by atoms with Crippen molar-refractivity contribution in [2.24, 2.45) is 0 Å². The van der Waals surface area contributed by atoms with Crippen molar-refractivity contribution < 1.29 is 25.2 Å². The minimum Gasteiger partial charge on any atom is -0.394 e. The Labute approximate surface area is 418 Å². The first-order chi connectivity index (χ1) is 33.0. The molecule has 0 rings (SSSR count). The van der Waals surface area contributed by atoms with Crippen molar-refractivity contribution in [2.45, 2.75) is 353 Å². The highest BCUT2D eigenvalue weighted by Crippen LogP contribution is 2.18. The van der Waals surface area contributed by atoms with E-state index in [0.717, 1.165) is 38.5 Å². The molecule has 0 spiro atoms. The van der Waals surface area contributed by atoms with E-state index in [4.69, 9.17) is 0 Å². The van der Waals surface area contributed by atoms with E-state index in [2.05, 4.69) is 43.5 Å². The first-order valence-electron chi connectivity index (χ1n) is 30.2. The lowest BCUT2D eigenvalue weighted by atomic mass is 10.00. The third-order valence-electron chi connectivity index (χ3n) is 14.4. The minimum atomic E-state index is -1.29. The highest BCUT2D eigenvalue weighted by molar-refractivity contribution is 5.80. The van der Waals surface area contributed by atoms with Gasteiger partial charge < -0.3 is 25.7 Å². The van der Waals surface area contributed by atoms with Crippen LogP contribution >= 0.6 is 0 Å². The molecule has 0 saturated heterocycles. The quantitative estimate of drug-likeness (QED) is 0.0308. The Morgan fingerprint density at radius 1 is 0.358 bits per heavy atom. The summed E-state index contributed by atoms with van der Waals surface area (Å²) in [6.45, 7) is 4.08. The number of carbonyl (C=O) groups is 1. The van der Waals surface area contributed by atoms with Gasteiger partial charge in [-0.3, -0.25) is 4.79 Å². The minimum absolute atomic E-state index is 0.365. The van der Waals surface area contributed by atoms with Gasteiger partial charge in [0, 0.05) is 0 Å². The number of aliphatic hydroxyl groups excluding tert-OH is 4. The Morgan fingerprint density at radius 3 is 0.940 bits per heavy atom. The summed E-state index contributed by atoms with van der Waals surface area (Å²) >= 11 is 0. The first-order valence-corrected chi connectivity index (χ1v) is 30.2. The Morgan fingerprint density at radius 2 is 0.627 bits per heavy atom. The Balaban J connectivity index is 3.58. The molecule has 0 fully saturated rings. The molecule has 0 aliphatic rings. The van der Waals surface area contributed by atoms with E-state index in [-0.39, 0.29) is 0 Å². The molecule has 4 unspecified atom stereocenters. The monoisotopic (exact) mass is 946 g/mol. The van der Waals surface area contributed by atoms with E-state index in [9.17, 15) is 25.2 Å². The summed E-state index contributed by atoms with van der Waals surface area (Å²) in [7, 11) is 0. The molecule has 0 saturated carbocycles. The summed E-state index contributed by atoms with van der Waals surface area (Å²) in [5.41, 5.74) is 0. The number of hydrogen-bond donors (Lipinski definition) is 5. The third-order valence-corrected chi connectivity index (χ3v) is 14.4. The fourth-order valence-corrected chi connectivity index (χ4v) is 9.66. The molecule has 67 heavy (non-hydrogen) atoms. The number of aliphatic hydroxyl groups is 4. The molecule has 0 bridgehead atoms. The van der Waals surface area contributed by atoms with Gasteiger partial charge in [0.1, 0.15) is 12.2 Å². The zero-order valence-electron chi connectivity index (χ0n) is 45.2. The van der Waals surface area contributed by atoms with Crippen LogP contribution in [-0.2, 0) is 4.79 Å². The standard InChI is InChI=1S/C61H119NO5/c1-3-5-7-9-11-13-15-17-19-21-23-24-25-26-27-28-29-30-31-32-33-34-35-37-39-41-43-45-47-49-51-53-55-59(65)61(67)62-57(56-63)60(66)58(64)54-52-50-48-46-44-42-40-38-36-22-20-18-16-14-12-10-8-6-4-2/h38,40,46,48,57-60,63-66H,3-37,39,41-45,47,49-56H2,1-2H3,(H,62,67)/b40-38+,48-46+. The largest absolute Gasteiger partial charge is 0.394 e. The van der Waals surface area contributed by atoms with Crippen molar-refractivity contribution in [2.75, 3.05) is 6.61 Å². The van der Waals surface area contributed by atoms with Crippen molar-refractivity contribution in [1.29, 1.82) is 0 Å². The Hall–Kier alpha value is -1.21. The molecule has 0 aromatic carbocycles. The summed E-state index contributed by atoms with van der Waals surface area (Å²) in [6, 6.07) is -1.01. The average molecular weight is 947 g/mol. The molecule has 0 radical (unpaired) electrons. The van der Waals surface area contributed by atoms with E-state index in [1.165, 1.54) is 257 Å². The highest BCUT2D eigenvalue weighted by Gasteiger charge is 2.28. The number of rotatable bonds is 56. The lowest BCUT2D eigenvalue weighted by Crippen LogP contribution is -2.53. The van der Waals surface area contributed by atoms with Crippen LogP contribution in [0.4, 0.5) is 0 Å². The van der Waals surface area contributed by atoms with Crippen LogP contribution in [0.25, 0.3) is 0 Å². The van der Waals surface area contributed by atoms with Crippen molar-refractivity contribution in [1.82, 2.24) is 5.32 Å². The van der Waals surface area contributed by atoms with Gasteiger partial charge in [0.15, 0.2) is 0 Å². The van der Waals surface area contributed by atoms with E-state index in [0.29, 0.717) is 19.3 Å². The van der Waals surface area contributed by atoms with Crippen LogP contribution in [0, 0.1) is 0 Å². The number of allylic oxidation sites excluding steroid dienone is 4. The van der Waals surface area contributed by atoms with Crippen LogP contribution in [0.15, 0.2) is 24.3 Å². The van der Waals surface area contributed by atoms with Gasteiger partial charge in [-0.1, -0.05) is 301 Å². The molecule has 1 amide bonds. The van der Waals surface area contributed by atoms with Crippen molar-refractivity contribution in [3.8, 4) is 0 Å². The fraction of sp³-hybridized carbons (Fsp3) is 0.918.